The Bertz CT molecular complexity index is 855. The molecular formula is C48H93NO5. The van der Waals surface area contributed by atoms with Crippen LogP contribution in [0, 0.1) is 10.8 Å². The summed E-state index contributed by atoms with van der Waals surface area (Å²) in [5, 5.41) is 9.70. The minimum absolute atomic E-state index is 0.0128. The number of carbonyl (C=O) groups is 2. The lowest BCUT2D eigenvalue weighted by atomic mass is 9.88. The maximum absolute atomic E-state index is 13.0. The van der Waals surface area contributed by atoms with Crippen LogP contribution in [0.5, 0.6) is 0 Å². The molecule has 6 heteroatoms. The van der Waals surface area contributed by atoms with E-state index in [1.54, 1.807) is 0 Å². The number of rotatable bonds is 41. The Morgan fingerprint density at radius 2 is 1.09 bits per heavy atom. The first-order chi connectivity index (χ1) is 26.2. The fourth-order valence-electron chi connectivity index (χ4n) is 8.06. The monoisotopic (exact) mass is 764 g/mol. The van der Waals surface area contributed by atoms with E-state index in [1.165, 1.54) is 135 Å². The number of carbonyl (C=O) groups excluding carboxylic acids is 2. The van der Waals surface area contributed by atoms with Crippen molar-refractivity contribution in [1.29, 1.82) is 0 Å². The molecule has 6 nitrogen and oxygen atoms in total. The first kappa shape index (κ1) is 50.9. The molecule has 320 valence electrons. The highest BCUT2D eigenvalue weighted by Gasteiger charge is 2.41. The number of aliphatic hydroxyl groups is 1. The van der Waals surface area contributed by atoms with Gasteiger partial charge in [0.05, 0.1) is 13.2 Å². The second-order valence-corrected chi connectivity index (χ2v) is 18.3. The molecule has 0 bridgehead atoms. The van der Waals surface area contributed by atoms with Crippen LogP contribution in [0.1, 0.15) is 247 Å². The largest absolute Gasteiger partial charge is 0.465 e. The quantitative estimate of drug-likeness (QED) is 0.0494. The summed E-state index contributed by atoms with van der Waals surface area (Å²) in [5.41, 5.74) is 0.378. The number of hydrogen-bond acceptors (Lipinski definition) is 6. The predicted octanol–water partition coefficient (Wildman–Crippen LogP) is 13.7. The molecule has 54 heavy (non-hydrogen) atoms. The van der Waals surface area contributed by atoms with E-state index in [1.807, 2.05) is 0 Å². The molecule has 1 N–H and O–H groups in total. The number of unbranched alkanes of at least 4 members (excludes halogenated alkanes) is 19. The van der Waals surface area contributed by atoms with Crippen LogP contribution in [-0.4, -0.2) is 60.9 Å². The van der Waals surface area contributed by atoms with Crippen LogP contribution in [0.4, 0.5) is 0 Å². The number of esters is 2. The van der Waals surface area contributed by atoms with Crippen molar-refractivity contribution in [2.75, 3.05) is 32.8 Å². The zero-order valence-corrected chi connectivity index (χ0v) is 37.0. The third-order valence-corrected chi connectivity index (χ3v) is 12.2. The highest BCUT2D eigenvalue weighted by Crippen LogP contribution is 2.53. The van der Waals surface area contributed by atoms with Gasteiger partial charge in [0.15, 0.2) is 0 Å². The topological polar surface area (TPSA) is 76.1 Å². The van der Waals surface area contributed by atoms with Gasteiger partial charge >= 0.3 is 11.9 Å². The summed E-state index contributed by atoms with van der Waals surface area (Å²) in [6.45, 7) is 14.7. The van der Waals surface area contributed by atoms with E-state index in [4.69, 9.17) is 9.47 Å². The summed E-state index contributed by atoms with van der Waals surface area (Å²) in [5.74, 6) is 0.00765. The Hall–Kier alpha value is -1.14. The van der Waals surface area contributed by atoms with Gasteiger partial charge in [-0.1, -0.05) is 157 Å². The van der Waals surface area contributed by atoms with Crippen molar-refractivity contribution in [2.24, 2.45) is 10.8 Å². The standard InChI is InChI=1S/C48H93NO5/c1-6-9-12-15-18-21-25-32-45(51)53-43-47(4,5)34-26-22-28-39-49(41-42-50)40-29-27-35-48(37-38-48)36-33-46(52)54-44(30-23-19-16-13-10-7-2)31-24-20-17-14-11-8-3/h44,50H,6-43H2,1-5H3. The van der Waals surface area contributed by atoms with E-state index in [2.05, 4.69) is 39.5 Å². The fourth-order valence-corrected chi connectivity index (χ4v) is 8.06. The Kier molecular flexibility index (Phi) is 32.0. The van der Waals surface area contributed by atoms with Gasteiger partial charge in [-0.25, -0.2) is 0 Å². The number of ether oxygens (including phenoxy) is 2. The number of hydrogen-bond donors (Lipinski definition) is 1. The molecule has 0 aliphatic heterocycles. The molecule has 0 saturated heterocycles. The van der Waals surface area contributed by atoms with E-state index >= 15 is 0 Å². The van der Waals surface area contributed by atoms with Crippen molar-refractivity contribution in [2.45, 2.75) is 253 Å². The lowest BCUT2D eigenvalue weighted by Gasteiger charge is -2.25. The summed E-state index contributed by atoms with van der Waals surface area (Å²) < 4.78 is 11.8. The molecule has 0 aromatic heterocycles. The summed E-state index contributed by atoms with van der Waals surface area (Å²) in [6.07, 6.45) is 38.8. The van der Waals surface area contributed by atoms with Gasteiger partial charge in [-0.15, -0.1) is 0 Å². The molecule has 0 unspecified atom stereocenters. The van der Waals surface area contributed by atoms with E-state index in [0.29, 0.717) is 24.9 Å². The van der Waals surface area contributed by atoms with Gasteiger partial charge in [0.25, 0.3) is 0 Å². The van der Waals surface area contributed by atoms with Crippen molar-refractivity contribution in [1.82, 2.24) is 4.90 Å². The highest BCUT2D eigenvalue weighted by atomic mass is 16.5. The molecule has 1 aliphatic rings. The third kappa shape index (κ3) is 30.1. The van der Waals surface area contributed by atoms with Crippen molar-refractivity contribution in [3.8, 4) is 0 Å². The van der Waals surface area contributed by atoms with Crippen LogP contribution < -0.4 is 0 Å². The second-order valence-electron chi connectivity index (χ2n) is 18.3. The third-order valence-electron chi connectivity index (χ3n) is 12.2. The molecular weight excluding hydrogens is 671 g/mol. The average molecular weight is 764 g/mol. The van der Waals surface area contributed by atoms with E-state index in [-0.39, 0.29) is 30.1 Å². The van der Waals surface area contributed by atoms with Gasteiger partial charge < -0.3 is 19.5 Å². The van der Waals surface area contributed by atoms with Crippen LogP contribution in [0.2, 0.25) is 0 Å². The zero-order valence-electron chi connectivity index (χ0n) is 37.0. The number of nitrogens with zero attached hydrogens (tertiary/aromatic N) is 1. The van der Waals surface area contributed by atoms with Gasteiger partial charge in [0, 0.05) is 19.4 Å². The Balaban J connectivity index is 2.26. The molecule has 1 fully saturated rings. The second kappa shape index (κ2) is 33.9. The molecule has 1 saturated carbocycles. The van der Waals surface area contributed by atoms with Crippen LogP contribution in [0.3, 0.4) is 0 Å². The first-order valence-corrected chi connectivity index (χ1v) is 23.9. The maximum atomic E-state index is 13.0. The van der Waals surface area contributed by atoms with E-state index in [9.17, 15) is 14.7 Å². The van der Waals surface area contributed by atoms with Gasteiger partial charge in [-0.2, -0.15) is 0 Å². The summed E-state index contributed by atoms with van der Waals surface area (Å²) >= 11 is 0. The predicted molar refractivity (Wildman–Crippen MR) is 230 cm³/mol. The van der Waals surface area contributed by atoms with Crippen LogP contribution >= 0.6 is 0 Å². The number of aliphatic hydroxyl groups excluding tert-OH is 1. The smallest absolute Gasteiger partial charge is 0.306 e. The normalized spacial score (nSPS) is 13.9. The molecule has 0 aromatic rings. The molecule has 0 aromatic carbocycles. The summed E-state index contributed by atoms with van der Waals surface area (Å²) in [4.78, 5) is 27.7. The van der Waals surface area contributed by atoms with Crippen LogP contribution in [-0.2, 0) is 19.1 Å². The van der Waals surface area contributed by atoms with E-state index in [0.717, 1.165) is 83.8 Å². The van der Waals surface area contributed by atoms with Crippen LogP contribution in [0.15, 0.2) is 0 Å². The SMILES string of the molecule is CCCCCCCCCC(=O)OCC(C)(C)CCCCCN(CCO)CCCCC1(CCC(=O)OC(CCCCCCCC)CCCCCCCC)CC1. The van der Waals surface area contributed by atoms with Crippen molar-refractivity contribution in [3.63, 3.8) is 0 Å². The Labute approximate surface area is 336 Å². The Morgan fingerprint density at radius 3 is 1.63 bits per heavy atom. The summed E-state index contributed by atoms with van der Waals surface area (Å²) in [6, 6.07) is 0. The minimum Gasteiger partial charge on any atom is -0.465 e. The maximum Gasteiger partial charge on any atom is 0.306 e. The van der Waals surface area contributed by atoms with Gasteiger partial charge in [-0.3, -0.25) is 9.59 Å². The fraction of sp³-hybridized carbons (Fsp3) is 0.958. The molecule has 1 rings (SSSR count). The molecule has 0 spiro atoms. The van der Waals surface area contributed by atoms with Gasteiger partial charge in [0.2, 0.25) is 0 Å². The molecule has 0 radical (unpaired) electrons. The lowest BCUT2D eigenvalue weighted by molar-refractivity contribution is -0.150. The highest BCUT2D eigenvalue weighted by molar-refractivity contribution is 5.69. The molecule has 0 amide bonds. The average Bonchev–Trinajstić information content (AvgIpc) is 3.93. The lowest BCUT2D eigenvalue weighted by Crippen LogP contribution is -2.29. The minimum atomic E-state index is -0.0345. The zero-order chi connectivity index (χ0) is 39.6. The molecule has 0 heterocycles. The van der Waals surface area contributed by atoms with Crippen LogP contribution in [0.25, 0.3) is 0 Å². The summed E-state index contributed by atoms with van der Waals surface area (Å²) in [7, 11) is 0. The van der Waals surface area contributed by atoms with E-state index < -0.39 is 0 Å². The van der Waals surface area contributed by atoms with Crippen molar-refractivity contribution in [3.05, 3.63) is 0 Å². The first-order valence-electron chi connectivity index (χ1n) is 23.9. The molecule has 0 atom stereocenters. The van der Waals surface area contributed by atoms with Crippen molar-refractivity contribution >= 4 is 11.9 Å². The van der Waals surface area contributed by atoms with Gasteiger partial charge in [-0.05, 0) is 101 Å². The Morgan fingerprint density at radius 1 is 0.593 bits per heavy atom. The molecule has 1 aliphatic carbocycles. The van der Waals surface area contributed by atoms with Gasteiger partial charge in [0.1, 0.15) is 6.10 Å². The van der Waals surface area contributed by atoms with Crippen molar-refractivity contribution < 1.29 is 24.2 Å².